The van der Waals surface area contributed by atoms with Gasteiger partial charge in [-0.1, -0.05) is 19.9 Å². The Morgan fingerprint density at radius 1 is 1.21 bits per heavy atom. The maximum Gasteiger partial charge on any atom is 0.293 e. The first-order valence-electron chi connectivity index (χ1n) is 11.9. The van der Waals surface area contributed by atoms with Gasteiger partial charge < -0.3 is 19.7 Å². The van der Waals surface area contributed by atoms with Crippen LogP contribution in [0.25, 0.3) is 0 Å². The van der Waals surface area contributed by atoms with E-state index >= 15 is 0 Å². The van der Waals surface area contributed by atoms with Crippen LogP contribution in [0.15, 0.2) is 42.5 Å². The molecule has 0 unspecified atom stereocenters. The SMILES string of the molecule is CC(C)CN(c1ccc(C2(OC=O)CCC2)cc1Nc1ccc(C#N)cc1)C1CCOCC1. The Bertz CT molecular complexity index is 987. The molecule has 6 nitrogen and oxygen atoms in total. The second-order valence-electron chi connectivity index (χ2n) is 9.50. The molecule has 1 aliphatic carbocycles. The minimum Gasteiger partial charge on any atom is -0.456 e. The van der Waals surface area contributed by atoms with Gasteiger partial charge in [-0.3, -0.25) is 4.79 Å². The summed E-state index contributed by atoms with van der Waals surface area (Å²) in [6.07, 6.45) is 4.75. The molecule has 0 bridgehead atoms. The van der Waals surface area contributed by atoms with E-state index in [-0.39, 0.29) is 0 Å². The van der Waals surface area contributed by atoms with E-state index in [1.807, 2.05) is 24.3 Å². The fourth-order valence-corrected chi connectivity index (χ4v) is 4.85. The van der Waals surface area contributed by atoms with Gasteiger partial charge in [0, 0.05) is 31.5 Å². The Morgan fingerprint density at radius 3 is 2.52 bits per heavy atom. The van der Waals surface area contributed by atoms with Crippen molar-refractivity contribution in [2.24, 2.45) is 5.92 Å². The summed E-state index contributed by atoms with van der Waals surface area (Å²) in [5, 5.41) is 12.7. The molecule has 6 heteroatoms. The van der Waals surface area contributed by atoms with Crippen molar-refractivity contribution in [1.29, 1.82) is 5.26 Å². The van der Waals surface area contributed by atoms with Gasteiger partial charge in [0.2, 0.25) is 0 Å². The van der Waals surface area contributed by atoms with Crippen LogP contribution >= 0.6 is 0 Å². The molecule has 0 atom stereocenters. The second-order valence-corrected chi connectivity index (χ2v) is 9.50. The topological polar surface area (TPSA) is 74.6 Å². The number of nitrogens with zero attached hydrogens (tertiary/aromatic N) is 2. The fourth-order valence-electron chi connectivity index (χ4n) is 4.85. The maximum absolute atomic E-state index is 11.2. The molecule has 1 saturated heterocycles. The Labute approximate surface area is 196 Å². The molecule has 4 rings (SSSR count). The average molecular weight is 448 g/mol. The first-order chi connectivity index (χ1) is 16.0. The summed E-state index contributed by atoms with van der Waals surface area (Å²) in [4.78, 5) is 13.8. The molecule has 2 fully saturated rings. The predicted molar refractivity (Wildman–Crippen MR) is 130 cm³/mol. The van der Waals surface area contributed by atoms with Crippen LogP contribution in [0, 0.1) is 17.2 Å². The second kappa shape index (κ2) is 10.3. The summed E-state index contributed by atoms with van der Waals surface area (Å²) >= 11 is 0. The minimum atomic E-state index is -0.525. The molecule has 1 N–H and O–H groups in total. The van der Waals surface area contributed by atoms with E-state index in [4.69, 9.17) is 14.7 Å². The number of benzene rings is 2. The van der Waals surface area contributed by atoms with Crippen molar-refractivity contribution in [1.82, 2.24) is 0 Å². The molecule has 2 aliphatic rings. The third-order valence-electron chi connectivity index (χ3n) is 6.75. The smallest absolute Gasteiger partial charge is 0.293 e. The van der Waals surface area contributed by atoms with E-state index < -0.39 is 5.60 Å². The summed E-state index contributed by atoms with van der Waals surface area (Å²) in [5.74, 6) is 0.506. The third-order valence-corrected chi connectivity index (χ3v) is 6.75. The van der Waals surface area contributed by atoms with Crippen LogP contribution in [0.1, 0.15) is 57.1 Å². The number of nitrogens with one attached hydrogen (secondary N) is 1. The van der Waals surface area contributed by atoms with E-state index in [1.165, 1.54) is 0 Å². The molecule has 2 aromatic rings. The summed E-state index contributed by atoms with van der Waals surface area (Å²) in [5.41, 5.74) is 4.18. The Morgan fingerprint density at radius 2 is 1.94 bits per heavy atom. The summed E-state index contributed by atoms with van der Waals surface area (Å²) in [6.45, 7) is 7.58. The molecule has 1 heterocycles. The molecular weight excluding hydrogens is 414 g/mol. The average Bonchev–Trinajstić information content (AvgIpc) is 2.81. The molecule has 33 heavy (non-hydrogen) atoms. The van der Waals surface area contributed by atoms with E-state index in [1.54, 1.807) is 0 Å². The van der Waals surface area contributed by atoms with Gasteiger partial charge in [-0.05, 0) is 80.0 Å². The largest absolute Gasteiger partial charge is 0.456 e. The Hall–Kier alpha value is -3.04. The van der Waals surface area contributed by atoms with Crippen LogP contribution in [-0.2, 0) is 19.9 Å². The predicted octanol–water partition coefficient (Wildman–Crippen LogP) is 5.50. The Kier molecular flexibility index (Phi) is 7.20. The molecule has 0 aromatic heterocycles. The van der Waals surface area contributed by atoms with Gasteiger partial charge in [-0.2, -0.15) is 5.26 Å². The zero-order chi connectivity index (χ0) is 23.3. The zero-order valence-electron chi connectivity index (χ0n) is 19.5. The molecule has 174 valence electrons. The van der Waals surface area contributed by atoms with Crippen LogP contribution in [0.3, 0.4) is 0 Å². The maximum atomic E-state index is 11.2. The number of hydrogen-bond donors (Lipinski definition) is 1. The van der Waals surface area contributed by atoms with Crippen molar-refractivity contribution in [2.75, 3.05) is 30.0 Å². The highest BCUT2D eigenvalue weighted by atomic mass is 16.5. The van der Waals surface area contributed by atoms with Crippen molar-refractivity contribution in [3.05, 3.63) is 53.6 Å². The fraction of sp³-hybridized carbons (Fsp3) is 0.481. The first kappa shape index (κ1) is 23.1. The number of anilines is 3. The monoisotopic (exact) mass is 447 g/mol. The Balaban J connectivity index is 1.74. The van der Waals surface area contributed by atoms with Crippen LogP contribution < -0.4 is 10.2 Å². The lowest BCUT2D eigenvalue weighted by Crippen LogP contribution is -2.42. The highest BCUT2D eigenvalue weighted by Gasteiger charge is 2.41. The molecule has 1 aliphatic heterocycles. The summed E-state index contributed by atoms with van der Waals surface area (Å²) in [6, 6.07) is 16.5. The molecule has 0 spiro atoms. The highest BCUT2D eigenvalue weighted by Crippen LogP contribution is 2.46. The standard InChI is InChI=1S/C27H33N3O3/c1-20(2)18-30(24-10-14-32-15-11-24)26-9-6-22(27(33-19-31)12-3-13-27)16-25(26)29-23-7-4-21(17-28)5-8-23/h4-9,16,19-20,24,29H,3,10-15,18H2,1-2H3. The highest BCUT2D eigenvalue weighted by molar-refractivity contribution is 5.77. The number of nitriles is 1. The van der Waals surface area contributed by atoms with Crippen LogP contribution in [0.2, 0.25) is 0 Å². The third kappa shape index (κ3) is 5.15. The van der Waals surface area contributed by atoms with E-state index in [2.05, 4.69) is 48.3 Å². The number of ether oxygens (including phenoxy) is 2. The van der Waals surface area contributed by atoms with Gasteiger partial charge >= 0.3 is 0 Å². The number of carbonyl (C=O) groups is 1. The number of rotatable bonds is 9. The minimum absolute atomic E-state index is 0.414. The van der Waals surface area contributed by atoms with Crippen molar-refractivity contribution in [2.45, 2.75) is 57.6 Å². The van der Waals surface area contributed by atoms with Gasteiger partial charge in [-0.25, -0.2) is 0 Å². The number of carbonyl (C=O) groups excluding carboxylic acids is 1. The lowest BCUT2D eigenvalue weighted by Gasteiger charge is -2.42. The lowest BCUT2D eigenvalue weighted by molar-refractivity contribution is -0.155. The lowest BCUT2D eigenvalue weighted by atomic mass is 9.74. The van der Waals surface area contributed by atoms with Crippen molar-refractivity contribution < 1.29 is 14.3 Å². The quantitative estimate of drug-likeness (QED) is 0.512. The van der Waals surface area contributed by atoms with Crippen LogP contribution in [0.5, 0.6) is 0 Å². The molecule has 0 amide bonds. The normalized spacial score (nSPS) is 17.6. The van der Waals surface area contributed by atoms with Gasteiger partial charge in [0.1, 0.15) is 5.60 Å². The summed E-state index contributed by atoms with van der Waals surface area (Å²) < 4.78 is 11.2. The van der Waals surface area contributed by atoms with E-state index in [0.29, 0.717) is 24.0 Å². The first-order valence-corrected chi connectivity index (χ1v) is 11.9. The number of hydrogen-bond acceptors (Lipinski definition) is 6. The van der Waals surface area contributed by atoms with Gasteiger partial charge in [-0.15, -0.1) is 0 Å². The molecule has 2 aromatic carbocycles. The van der Waals surface area contributed by atoms with E-state index in [0.717, 1.165) is 74.5 Å². The summed E-state index contributed by atoms with van der Waals surface area (Å²) in [7, 11) is 0. The molecule has 1 saturated carbocycles. The van der Waals surface area contributed by atoms with Crippen LogP contribution in [-0.4, -0.2) is 32.3 Å². The molecule has 0 radical (unpaired) electrons. The van der Waals surface area contributed by atoms with Gasteiger partial charge in [0.05, 0.1) is 23.0 Å². The molecular formula is C27H33N3O3. The van der Waals surface area contributed by atoms with Crippen molar-refractivity contribution in [3.63, 3.8) is 0 Å². The zero-order valence-corrected chi connectivity index (χ0v) is 19.5. The van der Waals surface area contributed by atoms with Crippen molar-refractivity contribution in [3.8, 4) is 6.07 Å². The van der Waals surface area contributed by atoms with Gasteiger partial charge in [0.15, 0.2) is 0 Å². The van der Waals surface area contributed by atoms with E-state index in [9.17, 15) is 4.79 Å². The van der Waals surface area contributed by atoms with Crippen molar-refractivity contribution >= 4 is 23.5 Å². The van der Waals surface area contributed by atoms with Gasteiger partial charge in [0.25, 0.3) is 6.47 Å². The van der Waals surface area contributed by atoms with Crippen LogP contribution in [0.4, 0.5) is 17.1 Å².